The molecule has 86 valence electrons. The number of ether oxygens (including phenoxy) is 2. The smallest absolute Gasteiger partial charge is 0.170 e. The third-order valence-corrected chi connectivity index (χ3v) is 2.82. The first-order chi connectivity index (χ1) is 7.72. The van der Waals surface area contributed by atoms with Crippen LogP contribution in [0.2, 0.25) is 0 Å². The van der Waals surface area contributed by atoms with E-state index in [1.807, 2.05) is 0 Å². The highest BCUT2D eigenvalue weighted by atomic mass is 16.5. The first kappa shape index (κ1) is 11.0. The van der Waals surface area contributed by atoms with E-state index in [2.05, 4.69) is 0 Å². The normalized spacial score (nSPS) is 19.7. The topological polar surface area (TPSA) is 61.5 Å². The number of benzene rings is 1. The molecule has 4 heteroatoms. The zero-order valence-corrected chi connectivity index (χ0v) is 9.23. The van der Waals surface area contributed by atoms with Crippen molar-refractivity contribution in [2.75, 3.05) is 26.1 Å². The van der Waals surface area contributed by atoms with Crippen LogP contribution >= 0.6 is 0 Å². The molecule has 0 aromatic heterocycles. The lowest BCUT2D eigenvalue weighted by Gasteiger charge is -2.10. The Morgan fingerprint density at radius 3 is 2.94 bits per heavy atom. The van der Waals surface area contributed by atoms with Gasteiger partial charge in [-0.2, -0.15) is 0 Å². The Morgan fingerprint density at radius 1 is 1.56 bits per heavy atom. The first-order valence-electron chi connectivity index (χ1n) is 5.28. The fourth-order valence-electron chi connectivity index (χ4n) is 1.85. The minimum Gasteiger partial charge on any atom is -0.497 e. The zero-order chi connectivity index (χ0) is 11.5. The molecule has 0 amide bonds. The van der Waals surface area contributed by atoms with Gasteiger partial charge in [0.15, 0.2) is 5.78 Å². The summed E-state index contributed by atoms with van der Waals surface area (Å²) in [5.74, 6) is 0.685. The van der Waals surface area contributed by atoms with Gasteiger partial charge in [-0.25, -0.2) is 0 Å². The molecule has 0 aliphatic carbocycles. The number of carbonyl (C=O) groups excluding carboxylic acids is 1. The summed E-state index contributed by atoms with van der Waals surface area (Å²) in [6.45, 7) is 1.16. The number of nitrogens with two attached hydrogens (primary N) is 1. The Balaban J connectivity index is 2.22. The summed E-state index contributed by atoms with van der Waals surface area (Å²) in [4.78, 5) is 12.1. The quantitative estimate of drug-likeness (QED) is 0.620. The molecule has 1 unspecified atom stereocenters. The van der Waals surface area contributed by atoms with E-state index in [1.54, 1.807) is 25.3 Å². The van der Waals surface area contributed by atoms with Gasteiger partial charge in [0.1, 0.15) is 5.75 Å². The monoisotopic (exact) mass is 221 g/mol. The molecule has 0 saturated carbocycles. The third-order valence-electron chi connectivity index (χ3n) is 2.82. The minimum atomic E-state index is -0.0457. The molecule has 16 heavy (non-hydrogen) atoms. The number of rotatable bonds is 3. The molecule has 1 saturated heterocycles. The van der Waals surface area contributed by atoms with E-state index < -0.39 is 0 Å². The van der Waals surface area contributed by atoms with Gasteiger partial charge >= 0.3 is 0 Å². The SMILES string of the molecule is COc1ccc(C(=O)C2CCOC2)c(N)c1. The van der Waals surface area contributed by atoms with Gasteiger partial charge in [-0.1, -0.05) is 0 Å². The first-order valence-corrected chi connectivity index (χ1v) is 5.28. The van der Waals surface area contributed by atoms with Gasteiger partial charge in [0, 0.05) is 29.8 Å². The fraction of sp³-hybridized carbons (Fsp3) is 0.417. The molecule has 1 atom stereocenters. The van der Waals surface area contributed by atoms with Crippen LogP contribution in [-0.4, -0.2) is 26.1 Å². The average Bonchev–Trinajstić information content (AvgIpc) is 2.81. The molecule has 1 aliphatic rings. The second-order valence-corrected chi connectivity index (χ2v) is 3.88. The van der Waals surface area contributed by atoms with Crippen LogP contribution in [0.3, 0.4) is 0 Å². The van der Waals surface area contributed by atoms with E-state index in [0.717, 1.165) is 6.42 Å². The Morgan fingerprint density at radius 2 is 2.38 bits per heavy atom. The predicted octanol–water partition coefficient (Wildman–Crippen LogP) is 1.50. The maximum Gasteiger partial charge on any atom is 0.170 e. The van der Waals surface area contributed by atoms with Gasteiger partial charge in [-0.15, -0.1) is 0 Å². The highest BCUT2D eigenvalue weighted by Gasteiger charge is 2.25. The van der Waals surface area contributed by atoms with Crippen LogP contribution in [-0.2, 0) is 4.74 Å². The maximum absolute atomic E-state index is 12.1. The van der Waals surface area contributed by atoms with Crippen LogP contribution in [0.15, 0.2) is 18.2 Å². The summed E-state index contributed by atoms with van der Waals surface area (Å²) in [6, 6.07) is 5.14. The zero-order valence-electron chi connectivity index (χ0n) is 9.23. The number of nitrogen functional groups attached to an aromatic ring is 1. The summed E-state index contributed by atoms with van der Waals surface area (Å²) in [6.07, 6.45) is 0.782. The lowest BCUT2D eigenvalue weighted by molar-refractivity contribution is 0.0901. The molecular formula is C12H15NO3. The van der Waals surface area contributed by atoms with Gasteiger partial charge in [0.2, 0.25) is 0 Å². The van der Waals surface area contributed by atoms with Crippen molar-refractivity contribution in [3.63, 3.8) is 0 Å². The van der Waals surface area contributed by atoms with Gasteiger partial charge in [-0.3, -0.25) is 4.79 Å². The number of ketones is 1. The lowest BCUT2D eigenvalue weighted by atomic mass is 9.96. The number of carbonyl (C=O) groups is 1. The average molecular weight is 221 g/mol. The molecule has 0 spiro atoms. The molecule has 0 radical (unpaired) electrons. The number of hydrogen-bond donors (Lipinski definition) is 1. The van der Waals surface area contributed by atoms with Crippen molar-refractivity contribution in [1.29, 1.82) is 0 Å². The number of hydrogen-bond acceptors (Lipinski definition) is 4. The summed E-state index contributed by atoms with van der Waals surface area (Å²) in [5.41, 5.74) is 6.86. The fourth-order valence-corrected chi connectivity index (χ4v) is 1.85. The second kappa shape index (κ2) is 4.53. The molecule has 1 aromatic rings. The van der Waals surface area contributed by atoms with Crippen molar-refractivity contribution in [2.45, 2.75) is 6.42 Å². The van der Waals surface area contributed by atoms with Crippen LogP contribution in [0.25, 0.3) is 0 Å². The molecule has 2 rings (SSSR count). The van der Waals surface area contributed by atoms with Crippen LogP contribution in [0.5, 0.6) is 5.75 Å². The van der Waals surface area contributed by atoms with Crippen LogP contribution < -0.4 is 10.5 Å². The van der Waals surface area contributed by atoms with Crippen LogP contribution in [0.1, 0.15) is 16.8 Å². The molecule has 2 N–H and O–H groups in total. The van der Waals surface area contributed by atoms with Gasteiger partial charge < -0.3 is 15.2 Å². The standard InChI is InChI=1S/C12H15NO3/c1-15-9-2-3-10(11(13)6-9)12(14)8-4-5-16-7-8/h2-3,6,8H,4-5,7,13H2,1H3. The lowest BCUT2D eigenvalue weighted by Crippen LogP contribution is -2.16. The molecule has 1 heterocycles. The largest absolute Gasteiger partial charge is 0.497 e. The summed E-state index contributed by atoms with van der Waals surface area (Å²) in [7, 11) is 1.57. The Hall–Kier alpha value is -1.55. The number of methoxy groups -OCH3 is 1. The molecule has 1 aromatic carbocycles. The molecule has 4 nitrogen and oxygen atoms in total. The molecule has 1 aliphatic heterocycles. The highest BCUT2D eigenvalue weighted by molar-refractivity contribution is 6.02. The van der Waals surface area contributed by atoms with Crippen molar-refractivity contribution in [3.8, 4) is 5.75 Å². The van der Waals surface area contributed by atoms with Crippen LogP contribution in [0, 0.1) is 5.92 Å². The second-order valence-electron chi connectivity index (χ2n) is 3.88. The number of Topliss-reactive ketones (excluding diaryl/α,β-unsaturated/α-hetero) is 1. The molecular weight excluding hydrogens is 206 g/mol. The Kier molecular flexibility index (Phi) is 3.10. The van der Waals surface area contributed by atoms with Crippen LogP contribution in [0.4, 0.5) is 5.69 Å². The minimum absolute atomic E-state index is 0.0457. The van der Waals surface area contributed by atoms with E-state index in [9.17, 15) is 4.79 Å². The third kappa shape index (κ3) is 2.02. The summed E-state index contributed by atoms with van der Waals surface area (Å²) >= 11 is 0. The Labute approximate surface area is 94.3 Å². The van der Waals surface area contributed by atoms with E-state index in [0.29, 0.717) is 30.2 Å². The van der Waals surface area contributed by atoms with Crippen molar-refractivity contribution >= 4 is 11.5 Å². The van der Waals surface area contributed by atoms with Crippen molar-refractivity contribution in [2.24, 2.45) is 5.92 Å². The van der Waals surface area contributed by atoms with Gasteiger partial charge in [0.25, 0.3) is 0 Å². The summed E-state index contributed by atoms with van der Waals surface area (Å²) in [5, 5.41) is 0. The van der Waals surface area contributed by atoms with Gasteiger partial charge in [0.05, 0.1) is 13.7 Å². The van der Waals surface area contributed by atoms with E-state index in [-0.39, 0.29) is 11.7 Å². The van der Waals surface area contributed by atoms with E-state index in [1.165, 1.54) is 0 Å². The van der Waals surface area contributed by atoms with Crippen molar-refractivity contribution in [1.82, 2.24) is 0 Å². The Bertz CT molecular complexity index is 397. The summed E-state index contributed by atoms with van der Waals surface area (Å²) < 4.78 is 10.2. The van der Waals surface area contributed by atoms with Crippen molar-refractivity contribution in [3.05, 3.63) is 23.8 Å². The molecule has 1 fully saturated rings. The van der Waals surface area contributed by atoms with E-state index in [4.69, 9.17) is 15.2 Å². The van der Waals surface area contributed by atoms with E-state index >= 15 is 0 Å². The molecule has 0 bridgehead atoms. The highest BCUT2D eigenvalue weighted by Crippen LogP contribution is 2.25. The van der Waals surface area contributed by atoms with Crippen molar-refractivity contribution < 1.29 is 14.3 Å². The predicted molar refractivity (Wildman–Crippen MR) is 60.7 cm³/mol. The number of anilines is 1. The maximum atomic E-state index is 12.1. The van der Waals surface area contributed by atoms with Gasteiger partial charge in [-0.05, 0) is 18.6 Å².